The summed E-state index contributed by atoms with van der Waals surface area (Å²) in [6, 6.07) is 1.94. The molecule has 0 saturated heterocycles. The van der Waals surface area contributed by atoms with Crippen molar-refractivity contribution in [2.75, 3.05) is 7.11 Å². The lowest BCUT2D eigenvalue weighted by Crippen LogP contribution is -1.82. The normalized spacial score (nSPS) is 10.4. The second-order valence-corrected chi connectivity index (χ2v) is 2.47. The largest absolute Gasteiger partial charge is 0.377 e. The van der Waals surface area contributed by atoms with Crippen molar-refractivity contribution in [1.82, 2.24) is 5.16 Å². The Morgan fingerprint density at radius 3 is 3.09 bits per heavy atom. The van der Waals surface area contributed by atoms with Crippen LogP contribution in [0.4, 0.5) is 0 Å². The van der Waals surface area contributed by atoms with Gasteiger partial charge in [-0.15, -0.1) is 0 Å². The molecular weight excluding hydrogens is 142 g/mol. The van der Waals surface area contributed by atoms with E-state index in [1.54, 1.807) is 7.11 Å². The van der Waals surface area contributed by atoms with Gasteiger partial charge in [-0.1, -0.05) is 18.5 Å². The molecule has 62 valence electrons. The van der Waals surface area contributed by atoms with Crippen LogP contribution in [-0.4, -0.2) is 12.3 Å². The van der Waals surface area contributed by atoms with Crippen molar-refractivity contribution >= 4 is 0 Å². The molecule has 1 aromatic rings. The molecule has 1 heterocycles. The third-order valence-electron chi connectivity index (χ3n) is 1.40. The van der Waals surface area contributed by atoms with Gasteiger partial charge in [-0.3, -0.25) is 0 Å². The summed E-state index contributed by atoms with van der Waals surface area (Å²) >= 11 is 0. The summed E-state index contributed by atoms with van der Waals surface area (Å²) in [4.78, 5) is 0. The summed E-state index contributed by atoms with van der Waals surface area (Å²) in [6.45, 7) is 2.63. The molecule has 0 N–H and O–H groups in total. The first-order valence-corrected chi connectivity index (χ1v) is 3.80. The molecule has 11 heavy (non-hydrogen) atoms. The molecule has 0 bridgehead atoms. The van der Waals surface area contributed by atoms with Crippen LogP contribution in [0.15, 0.2) is 10.6 Å². The van der Waals surface area contributed by atoms with Gasteiger partial charge < -0.3 is 9.26 Å². The Labute approximate surface area is 66.3 Å². The maximum atomic E-state index is 4.98. The van der Waals surface area contributed by atoms with Crippen LogP contribution in [-0.2, 0) is 17.8 Å². The molecule has 1 rings (SSSR count). The molecule has 0 aliphatic carbocycles. The predicted octanol–water partition coefficient (Wildman–Crippen LogP) is 1.77. The zero-order chi connectivity index (χ0) is 8.10. The lowest BCUT2D eigenvalue weighted by Gasteiger charge is -1.87. The molecule has 0 atom stereocenters. The lowest BCUT2D eigenvalue weighted by atomic mass is 10.2. The van der Waals surface area contributed by atoms with Gasteiger partial charge in [0.15, 0.2) is 5.76 Å². The van der Waals surface area contributed by atoms with E-state index in [2.05, 4.69) is 12.1 Å². The van der Waals surface area contributed by atoms with E-state index in [0.717, 1.165) is 24.3 Å². The molecule has 0 fully saturated rings. The average Bonchev–Trinajstić information content (AvgIpc) is 2.38. The summed E-state index contributed by atoms with van der Waals surface area (Å²) in [7, 11) is 1.64. The molecule has 3 nitrogen and oxygen atoms in total. The van der Waals surface area contributed by atoms with Gasteiger partial charge in [0.25, 0.3) is 0 Å². The highest BCUT2D eigenvalue weighted by molar-refractivity contribution is 5.04. The standard InChI is InChI=1S/C8H13NO2/c1-3-4-7-5-8(6-10-2)11-9-7/h5H,3-4,6H2,1-2H3. The number of nitrogens with zero attached hydrogens (tertiary/aromatic N) is 1. The minimum atomic E-state index is 0.511. The predicted molar refractivity (Wildman–Crippen MR) is 41.2 cm³/mol. The highest BCUT2D eigenvalue weighted by Gasteiger charge is 2.01. The van der Waals surface area contributed by atoms with E-state index in [-0.39, 0.29) is 0 Å². The van der Waals surface area contributed by atoms with Crippen molar-refractivity contribution in [3.8, 4) is 0 Å². The van der Waals surface area contributed by atoms with E-state index >= 15 is 0 Å². The second-order valence-electron chi connectivity index (χ2n) is 2.47. The Morgan fingerprint density at radius 2 is 2.45 bits per heavy atom. The summed E-state index contributed by atoms with van der Waals surface area (Å²) in [5.74, 6) is 0.802. The van der Waals surface area contributed by atoms with Crippen molar-refractivity contribution in [2.45, 2.75) is 26.4 Å². The quantitative estimate of drug-likeness (QED) is 0.664. The van der Waals surface area contributed by atoms with Gasteiger partial charge in [-0.2, -0.15) is 0 Å². The summed E-state index contributed by atoms with van der Waals surface area (Å²) in [5.41, 5.74) is 1.01. The van der Waals surface area contributed by atoms with E-state index in [9.17, 15) is 0 Å². The highest BCUT2D eigenvalue weighted by Crippen LogP contribution is 2.06. The fourth-order valence-electron chi connectivity index (χ4n) is 0.940. The number of hydrogen-bond donors (Lipinski definition) is 0. The number of ether oxygens (including phenoxy) is 1. The van der Waals surface area contributed by atoms with E-state index in [1.807, 2.05) is 6.07 Å². The maximum Gasteiger partial charge on any atom is 0.162 e. The van der Waals surface area contributed by atoms with E-state index < -0.39 is 0 Å². The van der Waals surface area contributed by atoms with Gasteiger partial charge in [0.2, 0.25) is 0 Å². The van der Waals surface area contributed by atoms with Crippen molar-refractivity contribution in [1.29, 1.82) is 0 Å². The van der Waals surface area contributed by atoms with Crippen molar-refractivity contribution in [2.24, 2.45) is 0 Å². The van der Waals surface area contributed by atoms with Crippen LogP contribution in [0.3, 0.4) is 0 Å². The Bertz CT molecular complexity index is 187. The Morgan fingerprint density at radius 1 is 1.64 bits per heavy atom. The fraction of sp³-hybridized carbons (Fsp3) is 0.625. The summed E-state index contributed by atoms with van der Waals surface area (Å²) < 4.78 is 9.87. The van der Waals surface area contributed by atoms with Crippen LogP contribution >= 0.6 is 0 Å². The topological polar surface area (TPSA) is 35.3 Å². The lowest BCUT2D eigenvalue weighted by molar-refractivity contribution is 0.156. The van der Waals surface area contributed by atoms with Gasteiger partial charge in [0, 0.05) is 13.2 Å². The third-order valence-corrected chi connectivity index (χ3v) is 1.40. The molecule has 0 aromatic carbocycles. The van der Waals surface area contributed by atoms with Gasteiger partial charge in [-0.25, -0.2) is 0 Å². The zero-order valence-electron chi connectivity index (χ0n) is 6.96. The fourth-order valence-corrected chi connectivity index (χ4v) is 0.940. The van der Waals surface area contributed by atoms with Crippen LogP contribution in [0.2, 0.25) is 0 Å². The minimum absolute atomic E-state index is 0.511. The van der Waals surface area contributed by atoms with Gasteiger partial charge in [-0.05, 0) is 6.42 Å². The molecule has 0 aliphatic rings. The van der Waals surface area contributed by atoms with Crippen LogP contribution in [0, 0.1) is 0 Å². The molecule has 3 heteroatoms. The number of methoxy groups -OCH3 is 1. The number of hydrogen-bond acceptors (Lipinski definition) is 3. The van der Waals surface area contributed by atoms with E-state index in [4.69, 9.17) is 9.26 Å². The molecule has 1 aromatic heterocycles. The molecule has 0 saturated carbocycles. The Kier molecular flexibility index (Phi) is 3.11. The maximum absolute atomic E-state index is 4.98. The third kappa shape index (κ3) is 2.35. The van der Waals surface area contributed by atoms with Crippen LogP contribution in [0.5, 0.6) is 0 Å². The molecule has 0 unspecified atom stereocenters. The van der Waals surface area contributed by atoms with Crippen molar-refractivity contribution in [3.05, 3.63) is 17.5 Å². The second kappa shape index (κ2) is 4.13. The van der Waals surface area contributed by atoms with Gasteiger partial charge >= 0.3 is 0 Å². The van der Waals surface area contributed by atoms with Crippen LogP contribution in [0.25, 0.3) is 0 Å². The summed E-state index contributed by atoms with van der Waals surface area (Å²) in [6.07, 6.45) is 2.08. The van der Waals surface area contributed by atoms with E-state index in [0.29, 0.717) is 6.61 Å². The Balaban J connectivity index is 2.51. The summed E-state index contributed by atoms with van der Waals surface area (Å²) in [5, 5.41) is 3.87. The molecular formula is C8H13NO2. The molecule has 0 aliphatic heterocycles. The molecule has 0 spiro atoms. The average molecular weight is 155 g/mol. The first-order chi connectivity index (χ1) is 5.36. The van der Waals surface area contributed by atoms with E-state index in [1.165, 1.54) is 0 Å². The Hall–Kier alpha value is -0.830. The van der Waals surface area contributed by atoms with Gasteiger partial charge in [0.05, 0.1) is 5.69 Å². The number of rotatable bonds is 4. The monoisotopic (exact) mass is 155 g/mol. The smallest absolute Gasteiger partial charge is 0.162 e. The minimum Gasteiger partial charge on any atom is -0.377 e. The van der Waals surface area contributed by atoms with Crippen molar-refractivity contribution < 1.29 is 9.26 Å². The zero-order valence-corrected chi connectivity index (χ0v) is 6.96. The number of aromatic nitrogens is 1. The molecule has 0 amide bonds. The van der Waals surface area contributed by atoms with Crippen LogP contribution < -0.4 is 0 Å². The van der Waals surface area contributed by atoms with Crippen LogP contribution in [0.1, 0.15) is 24.8 Å². The molecule has 0 radical (unpaired) electrons. The highest BCUT2D eigenvalue weighted by atomic mass is 16.5. The SMILES string of the molecule is CCCc1cc(COC)on1. The first kappa shape index (κ1) is 8.27. The first-order valence-electron chi connectivity index (χ1n) is 3.80. The number of aryl methyl sites for hydroxylation is 1. The van der Waals surface area contributed by atoms with Gasteiger partial charge in [0.1, 0.15) is 6.61 Å². The van der Waals surface area contributed by atoms with Crippen molar-refractivity contribution in [3.63, 3.8) is 0 Å².